The molecule has 0 fully saturated rings. The SMILES string of the molecule is CCC(C)(N)CCCC(=O)C(=O)CC(C)C. The smallest absolute Gasteiger partial charge is 0.198 e. The summed E-state index contributed by atoms with van der Waals surface area (Å²) in [5.41, 5.74) is 5.76. The fraction of sp³-hybridized carbons (Fsp3) is 0.846. The van der Waals surface area contributed by atoms with Crippen molar-refractivity contribution < 1.29 is 9.59 Å². The molecule has 0 radical (unpaired) electrons. The minimum Gasteiger partial charge on any atom is -0.325 e. The van der Waals surface area contributed by atoms with Gasteiger partial charge in [0, 0.05) is 18.4 Å². The molecule has 0 bridgehead atoms. The molecule has 16 heavy (non-hydrogen) atoms. The summed E-state index contributed by atoms with van der Waals surface area (Å²) < 4.78 is 0. The van der Waals surface area contributed by atoms with Crippen LogP contribution in [0, 0.1) is 5.92 Å². The molecule has 0 aliphatic rings. The van der Waals surface area contributed by atoms with Gasteiger partial charge in [0.15, 0.2) is 11.6 Å². The number of hydrogen-bond acceptors (Lipinski definition) is 3. The molecule has 1 atom stereocenters. The molecule has 94 valence electrons. The number of carbonyl (C=O) groups excluding carboxylic acids is 2. The number of carbonyl (C=O) groups is 2. The molecule has 0 aromatic carbocycles. The van der Waals surface area contributed by atoms with Crippen LogP contribution in [0.2, 0.25) is 0 Å². The Morgan fingerprint density at radius 3 is 2.25 bits per heavy atom. The quantitative estimate of drug-likeness (QED) is 0.648. The standard InChI is InChI=1S/C13H25NO2/c1-5-13(4,14)8-6-7-11(15)12(16)9-10(2)3/h10H,5-9,14H2,1-4H3. The Labute approximate surface area is 98.8 Å². The summed E-state index contributed by atoms with van der Waals surface area (Å²) in [6, 6.07) is 0. The molecule has 0 amide bonds. The number of nitrogens with two attached hydrogens (primary N) is 1. The van der Waals surface area contributed by atoms with Gasteiger partial charge in [0.25, 0.3) is 0 Å². The van der Waals surface area contributed by atoms with Crippen LogP contribution in [-0.2, 0) is 9.59 Å². The molecular formula is C13H25NO2. The molecule has 0 heterocycles. The van der Waals surface area contributed by atoms with Crippen LogP contribution in [0.4, 0.5) is 0 Å². The lowest BCUT2D eigenvalue weighted by atomic mass is 9.92. The van der Waals surface area contributed by atoms with E-state index in [2.05, 4.69) is 0 Å². The van der Waals surface area contributed by atoms with Gasteiger partial charge in [-0.25, -0.2) is 0 Å². The summed E-state index contributed by atoms with van der Waals surface area (Å²) in [6.45, 7) is 7.90. The monoisotopic (exact) mass is 227 g/mol. The molecule has 0 aliphatic carbocycles. The van der Waals surface area contributed by atoms with E-state index in [0.29, 0.717) is 19.3 Å². The molecule has 0 aromatic rings. The average Bonchev–Trinajstić information content (AvgIpc) is 2.16. The number of Topliss-reactive ketones (excluding diaryl/α,β-unsaturated/α-hetero) is 2. The third kappa shape index (κ3) is 6.72. The van der Waals surface area contributed by atoms with E-state index in [1.807, 2.05) is 27.7 Å². The maximum absolute atomic E-state index is 11.5. The molecule has 0 spiro atoms. The highest BCUT2D eigenvalue weighted by molar-refractivity contribution is 6.37. The zero-order chi connectivity index (χ0) is 12.8. The molecule has 1 unspecified atom stereocenters. The third-order valence-corrected chi connectivity index (χ3v) is 2.86. The summed E-state index contributed by atoms with van der Waals surface area (Å²) in [4.78, 5) is 22.9. The summed E-state index contributed by atoms with van der Waals surface area (Å²) in [5, 5.41) is 0. The van der Waals surface area contributed by atoms with Crippen LogP contribution in [0.15, 0.2) is 0 Å². The summed E-state index contributed by atoms with van der Waals surface area (Å²) >= 11 is 0. The molecule has 0 saturated carbocycles. The summed E-state index contributed by atoms with van der Waals surface area (Å²) in [6.07, 6.45) is 3.11. The van der Waals surface area contributed by atoms with Gasteiger partial charge in [-0.15, -0.1) is 0 Å². The van der Waals surface area contributed by atoms with E-state index in [1.165, 1.54) is 0 Å². The molecule has 2 N–H and O–H groups in total. The van der Waals surface area contributed by atoms with Gasteiger partial charge < -0.3 is 5.73 Å². The van der Waals surface area contributed by atoms with Gasteiger partial charge in [-0.3, -0.25) is 9.59 Å². The summed E-state index contributed by atoms with van der Waals surface area (Å²) in [7, 11) is 0. The fourth-order valence-electron chi connectivity index (χ4n) is 1.45. The van der Waals surface area contributed by atoms with Gasteiger partial charge in [-0.05, 0) is 32.1 Å². The fourth-order valence-corrected chi connectivity index (χ4v) is 1.45. The third-order valence-electron chi connectivity index (χ3n) is 2.86. The largest absolute Gasteiger partial charge is 0.325 e. The van der Waals surface area contributed by atoms with Crippen molar-refractivity contribution in [2.45, 2.75) is 65.3 Å². The van der Waals surface area contributed by atoms with Crippen molar-refractivity contribution in [1.82, 2.24) is 0 Å². The second-order valence-corrected chi connectivity index (χ2v) is 5.31. The normalized spacial score (nSPS) is 14.9. The number of ketones is 2. The minimum absolute atomic E-state index is 0.207. The Morgan fingerprint density at radius 2 is 1.81 bits per heavy atom. The first-order chi connectivity index (χ1) is 7.28. The van der Waals surface area contributed by atoms with Crippen molar-refractivity contribution in [3.8, 4) is 0 Å². The minimum atomic E-state index is -0.236. The van der Waals surface area contributed by atoms with Gasteiger partial charge in [-0.2, -0.15) is 0 Å². The zero-order valence-electron chi connectivity index (χ0n) is 11.0. The molecule has 0 saturated heterocycles. The molecule has 0 aliphatic heterocycles. The van der Waals surface area contributed by atoms with Gasteiger partial charge >= 0.3 is 0 Å². The highest BCUT2D eigenvalue weighted by atomic mass is 16.2. The first-order valence-electron chi connectivity index (χ1n) is 6.13. The van der Waals surface area contributed by atoms with Crippen molar-refractivity contribution in [2.24, 2.45) is 11.7 Å². The van der Waals surface area contributed by atoms with Crippen LogP contribution in [0.3, 0.4) is 0 Å². The van der Waals surface area contributed by atoms with E-state index < -0.39 is 0 Å². The number of rotatable bonds is 8. The molecule has 3 heteroatoms. The second-order valence-electron chi connectivity index (χ2n) is 5.31. The van der Waals surface area contributed by atoms with Crippen molar-refractivity contribution in [3.63, 3.8) is 0 Å². The van der Waals surface area contributed by atoms with E-state index in [1.54, 1.807) is 0 Å². The van der Waals surface area contributed by atoms with Gasteiger partial charge in [0.2, 0.25) is 0 Å². The zero-order valence-corrected chi connectivity index (χ0v) is 11.0. The van der Waals surface area contributed by atoms with E-state index >= 15 is 0 Å². The van der Waals surface area contributed by atoms with Crippen LogP contribution in [0.5, 0.6) is 0 Å². The first-order valence-corrected chi connectivity index (χ1v) is 6.13. The first kappa shape index (κ1) is 15.3. The maximum atomic E-state index is 11.5. The molecular weight excluding hydrogens is 202 g/mol. The second kappa shape index (κ2) is 6.79. The lowest BCUT2D eigenvalue weighted by Gasteiger charge is -2.21. The topological polar surface area (TPSA) is 60.2 Å². The predicted octanol–water partition coefficient (Wildman–Crippen LogP) is 2.47. The van der Waals surface area contributed by atoms with Crippen molar-refractivity contribution in [1.29, 1.82) is 0 Å². The Morgan fingerprint density at radius 1 is 1.25 bits per heavy atom. The lowest BCUT2D eigenvalue weighted by molar-refractivity contribution is -0.137. The van der Waals surface area contributed by atoms with Crippen LogP contribution >= 0.6 is 0 Å². The average molecular weight is 227 g/mol. The highest BCUT2D eigenvalue weighted by Gasteiger charge is 2.18. The molecule has 3 nitrogen and oxygen atoms in total. The van der Waals surface area contributed by atoms with Crippen LogP contribution in [-0.4, -0.2) is 17.1 Å². The Balaban J connectivity index is 3.86. The van der Waals surface area contributed by atoms with Crippen LogP contribution in [0.1, 0.15) is 59.8 Å². The van der Waals surface area contributed by atoms with E-state index in [4.69, 9.17) is 5.73 Å². The van der Waals surface area contributed by atoms with Gasteiger partial charge in [0.05, 0.1) is 0 Å². The Bertz CT molecular complexity index is 244. The van der Waals surface area contributed by atoms with E-state index in [-0.39, 0.29) is 23.0 Å². The maximum Gasteiger partial charge on any atom is 0.198 e. The van der Waals surface area contributed by atoms with Crippen molar-refractivity contribution >= 4 is 11.6 Å². The van der Waals surface area contributed by atoms with Crippen LogP contribution in [0.25, 0.3) is 0 Å². The van der Waals surface area contributed by atoms with E-state index in [9.17, 15) is 9.59 Å². The van der Waals surface area contributed by atoms with Crippen molar-refractivity contribution in [3.05, 3.63) is 0 Å². The molecule has 0 rings (SSSR count). The van der Waals surface area contributed by atoms with Gasteiger partial charge in [-0.1, -0.05) is 20.8 Å². The predicted molar refractivity (Wildman–Crippen MR) is 66.2 cm³/mol. The van der Waals surface area contributed by atoms with E-state index in [0.717, 1.165) is 12.8 Å². The summed E-state index contributed by atoms with van der Waals surface area (Å²) in [5.74, 6) is -0.210. The lowest BCUT2D eigenvalue weighted by Crippen LogP contribution is -2.35. The Kier molecular flexibility index (Phi) is 6.49. The van der Waals surface area contributed by atoms with Gasteiger partial charge in [0.1, 0.15) is 0 Å². The Hall–Kier alpha value is -0.700. The van der Waals surface area contributed by atoms with Crippen molar-refractivity contribution in [2.75, 3.05) is 0 Å². The highest BCUT2D eigenvalue weighted by Crippen LogP contribution is 2.15. The number of hydrogen-bond donors (Lipinski definition) is 1. The molecule has 0 aromatic heterocycles. The van der Waals surface area contributed by atoms with Crippen LogP contribution < -0.4 is 5.73 Å².